The molecule has 2 aromatic rings. The number of nitrogens with zero attached hydrogens (tertiary/aromatic N) is 5. The summed E-state index contributed by atoms with van der Waals surface area (Å²) < 4.78 is 5.79. The summed E-state index contributed by atoms with van der Waals surface area (Å²) in [5.74, 6) is 0.693. The number of halogens is 1. The predicted octanol–water partition coefficient (Wildman–Crippen LogP) is 0.493. The molecule has 0 atom stereocenters. The van der Waals surface area contributed by atoms with Crippen molar-refractivity contribution in [2.45, 2.75) is 0 Å². The van der Waals surface area contributed by atoms with Crippen molar-refractivity contribution in [1.82, 2.24) is 20.3 Å². The molecule has 2 heterocycles. The van der Waals surface area contributed by atoms with Crippen molar-refractivity contribution in [3.05, 3.63) is 22.6 Å². The molecule has 0 saturated heterocycles. The van der Waals surface area contributed by atoms with Crippen molar-refractivity contribution in [2.24, 2.45) is 5.10 Å². The standard InChI is InChI=1S/C6H5BrN6O/c7-5-2-1-4(14-5)3-9-13-6(8)10-11-12-13/h1-3H,(H2,8,10,12). The molecular formula is C6H5BrN6O. The van der Waals surface area contributed by atoms with E-state index in [0.29, 0.717) is 10.4 Å². The highest BCUT2D eigenvalue weighted by molar-refractivity contribution is 9.10. The highest BCUT2D eigenvalue weighted by atomic mass is 79.9. The van der Waals surface area contributed by atoms with Gasteiger partial charge in [0.1, 0.15) is 5.76 Å². The summed E-state index contributed by atoms with van der Waals surface area (Å²) in [5.41, 5.74) is 5.38. The second kappa shape index (κ2) is 3.58. The average Bonchev–Trinajstić information content (AvgIpc) is 2.72. The lowest BCUT2D eigenvalue weighted by Gasteiger charge is -1.88. The van der Waals surface area contributed by atoms with Gasteiger partial charge >= 0.3 is 0 Å². The first-order valence-corrected chi connectivity index (χ1v) is 4.38. The molecule has 72 valence electrons. The molecule has 2 aromatic heterocycles. The summed E-state index contributed by atoms with van der Waals surface area (Å²) in [6.45, 7) is 0. The number of nitrogens with two attached hydrogens (primary N) is 1. The van der Waals surface area contributed by atoms with Crippen LogP contribution in [0.4, 0.5) is 5.95 Å². The third kappa shape index (κ3) is 1.79. The van der Waals surface area contributed by atoms with E-state index in [1.807, 2.05) is 0 Å². The number of anilines is 1. The number of furan rings is 1. The maximum absolute atomic E-state index is 5.38. The van der Waals surface area contributed by atoms with Crippen LogP contribution in [0.1, 0.15) is 5.76 Å². The molecule has 0 saturated carbocycles. The van der Waals surface area contributed by atoms with Crippen molar-refractivity contribution < 1.29 is 4.42 Å². The minimum absolute atomic E-state index is 0.117. The average molecular weight is 257 g/mol. The van der Waals surface area contributed by atoms with E-state index in [1.54, 1.807) is 12.1 Å². The van der Waals surface area contributed by atoms with E-state index in [2.05, 4.69) is 36.6 Å². The quantitative estimate of drug-likeness (QED) is 0.790. The van der Waals surface area contributed by atoms with Gasteiger partial charge in [0.2, 0.25) is 0 Å². The maximum atomic E-state index is 5.38. The van der Waals surface area contributed by atoms with E-state index in [-0.39, 0.29) is 5.95 Å². The van der Waals surface area contributed by atoms with Gasteiger partial charge < -0.3 is 10.2 Å². The second-order valence-electron chi connectivity index (χ2n) is 2.31. The van der Waals surface area contributed by atoms with Crippen LogP contribution in [-0.4, -0.2) is 26.5 Å². The Morgan fingerprint density at radius 1 is 1.57 bits per heavy atom. The Kier molecular flexibility index (Phi) is 2.27. The summed E-state index contributed by atoms with van der Waals surface area (Å²) >= 11 is 3.17. The van der Waals surface area contributed by atoms with E-state index in [4.69, 9.17) is 10.2 Å². The Morgan fingerprint density at radius 2 is 2.43 bits per heavy atom. The van der Waals surface area contributed by atoms with Crippen LogP contribution in [0, 0.1) is 0 Å². The van der Waals surface area contributed by atoms with Gasteiger partial charge in [0.15, 0.2) is 4.67 Å². The van der Waals surface area contributed by atoms with Crippen LogP contribution in [0.15, 0.2) is 26.3 Å². The topological polar surface area (TPSA) is 95.1 Å². The molecule has 0 bridgehead atoms. The number of hydrogen-bond donors (Lipinski definition) is 1. The molecule has 0 unspecified atom stereocenters. The van der Waals surface area contributed by atoms with Crippen LogP contribution in [0.5, 0.6) is 0 Å². The van der Waals surface area contributed by atoms with Gasteiger partial charge in [-0.2, -0.15) is 5.10 Å². The molecule has 7 nitrogen and oxygen atoms in total. The lowest BCUT2D eigenvalue weighted by molar-refractivity contribution is 0.533. The third-order valence-electron chi connectivity index (χ3n) is 1.37. The number of hydrogen-bond acceptors (Lipinski definition) is 6. The van der Waals surface area contributed by atoms with Gasteiger partial charge in [-0.15, -0.1) is 0 Å². The van der Waals surface area contributed by atoms with Crippen LogP contribution in [0.25, 0.3) is 0 Å². The van der Waals surface area contributed by atoms with Gasteiger partial charge in [0.05, 0.1) is 6.21 Å². The summed E-state index contributed by atoms with van der Waals surface area (Å²) in [5, 5.41) is 14.2. The molecule has 0 aliphatic rings. The minimum Gasteiger partial charge on any atom is -0.448 e. The summed E-state index contributed by atoms with van der Waals surface area (Å²) in [6.07, 6.45) is 1.46. The van der Waals surface area contributed by atoms with Gasteiger partial charge in [-0.05, 0) is 38.5 Å². The Bertz CT molecular complexity index is 460. The predicted molar refractivity (Wildman–Crippen MR) is 51.6 cm³/mol. The Labute approximate surface area is 86.7 Å². The van der Waals surface area contributed by atoms with Crippen LogP contribution in [-0.2, 0) is 0 Å². The van der Waals surface area contributed by atoms with Crippen molar-refractivity contribution in [2.75, 3.05) is 5.73 Å². The van der Waals surface area contributed by atoms with Crippen molar-refractivity contribution in [3.8, 4) is 0 Å². The molecule has 2 N–H and O–H groups in total. The fourth-order valence-electron chi connectivity index (χ4n) is 0.781. The van der Waals surface area contributed by atoms with E-state index < -0.39 is 0 Å². The van der Waals surface area contributed by atoms with Gasteiger partial charge in [-0.25, -0.2) is 0 Å². The van der Waals surface area contributed by atoms with Gasteiger partial charge in [-0.1, -0.05) is 9.89 Å². The zero-order valence-electron chi connectivity index (χ0n) is 6.83. The molecule has 8 heteroatoms. The van der Waals surface area contributed by atoms with E-state index >= 15 is 0 Å². The number of aromatic nitrogens is 4. The normalized spacial score (nSPS) is 11.2. The molecular weight excluding hydrogens is 252 g/mol. The van der Waals surface area contributed by atoms with E-state index in [1.165, 1.54) is 6.21 Å². The van der Waals surface area contributed by atoms with Crippen LogP contribution in [0.3, 0.4) is 0 Å². The smallest absolute Gasteiger partial charge is 0.263 e. The van der Waals surface area contributed by atoms with Crippen molar-refractivity contribution >= 4 is 28.1 Å². The Morgan fingerprint density at radius 3 is 3.00 bits per heavy atom. The largest absolute Gasteiger partial charge is 0.448 e. The van der Waals surface area contributed by atoms with Crippen molar-refractivity contribution in [1.29, 1.82) is 0 Å². The zero-order valence-corrected chi connectivity index (χ0v) is 8.42. The third-order valence-corrected chi connectivity index (χ3v) is 1.79. The van der Waals surface area contributed by atoms with E-state index in [0.717, 1.165) is 4.79 Å². The molecule has 0 aliphatic heterocycles. The molecule has 2 rings (SSSR count). The highest BCUT2D eigenvalue weighted by Gasteiger charge is 1.98. The molecule has 0 aromatic carbocycles. The SMILES string of the molecule is Nc1nnnn1N=Cc1ccc(Br)o1. The number of tetrazole rings is 1. The molecule has 0 fully saturated rings. The van der Waals surface area contributed by atoms with Gasteiger partial charge in [-0.3, -0.25) is 0 Å². The molecule has 0 aliphatic carbocycles. The molecule has 0 amide bonds. The van der Waals surface area contributed by atoms with Crippen LogP contribution >= 0.6 is 15.9 Å². The first-order valence-electron chi connectivity index (χ1n) is 3.59. The molecule has 14 heavy (non-hydrogen) atoms. The first-order chi connectivity index (χ1) is 6.75. The fraction of sp³-hybridized carbons (Fsp3) is 0. The summed E-state index contributed by atoms with van der Waals surface area (Å²) in [7, 11) is 0. The summed E-state index contributed by atoms with van der Waals surface area (Å²) in [4.78, 5) is 1.09. The number of rotatable bonds is 2. The number of nitrogen functional groups attached to an aromatic ring is 1. The zero-order chi connectivity index (χ0) is 9.97. The lowest BCUT2D eigenvalue weighted by atomic mass is 10.5. The van der Waals surface area contributed by atoms with E-state index in [9.17, 15) is 0 Å². The Hall–Kier alpha value is -1.70. The van der Waals surface area contributed by atoms with Crippen LogP contribution < -0.4 is 5.73 Å². The highest BCUT2D eigenvalue weighted by Crippen LogP contribution is 2.12. The Balaban J connectivity index is 2.19. The van der Waals surface area contributed by atoms with Crippen molar-refractivity contribution in [3.63, 3.8) is 0 Å². The van der Waals surface area contributed by atoms with Crippen LogP contribution in [0.2, 0.25) is 0 Å². The summed E-state index contributed by atoms with van der Waals surface area (Å²) in [6, 6.07) is 3.50. The fourth-order valence-corrected chi connectivity index (χ4v) is 1.10. The maximum Gasteiger partial charge on any atom is 0.263 e. The van der Waals surface area contributed by atoms with Gasteiger partial charge in [0, 0.05) is 0 Å². The molecule has 0 radical (unpaired) electrons. The first kappa shape index (κ1) is 8.88. The minimum atomic E-state index is 0.117. The second-order valence-corrected chi connectivity index (χ2v) is 3.09. The van der Waals surface area contributed by atoms with Gasteiger partial charge in [0.25, 0.3) is 5.95 Å². The monoisotopic (exact) mass is 256 g/mol. The molecule has 0 spiro atoms. The lowest BCUT2D eigenvalue weighted by Crippen LogP contribution is -1.99.